The Hall–Kier alpha value is -2.02. The highest BCUT2D eigenvalue weighted by Gasteiger charge is 2.42. The van der Waals surface area contributed by atoms with Gasteiger partial charge in [-0.15, -0.1) is 0 Å². The molecular weight excluding hydrogens is 270 g/mol. The molecule has 108 valence electrons. The summed E-state index contributed by atoms with van der Waals surface area (Å²) in [6.45, 7) is 0.120. The van der Waals surface area contributed by atoms with Gasteiger partial charge in [0.1, 0.15) is 0 Å². The summed E-state index contributed by atoms with van der Waals surface area (Å²) in [4.78, 5) is 23.0. The van der Waals surface area contributed by atoms with Crippen LogP contribution in [0.5, 0.6) is 0 Å². The lowest BCUT2D eigenvalue weighted by Crippen LogP contribution is -2.39. The zero-order valence-electron chi connectivity index (χ0n) is 10.6. The van der Waals surface area contributed by atoms with Gasteiger partial charge in [-0.2, -0.15) is 0 Å². The number of amides is 2. The minimum Gasteiger partial charge on any atom is -0.396 e. The van der Waals surface area contributed by atoms with Gasteiger partial charge in [-0.1, -0.05) is 6.07 Å². The molecule has 1 aromatic rings. The number of carbonyl (C=O) groups excluding carboxylic acids is 2. The van der Waals surface area contributed by atoms with E-state index in [2.05, 4.69) is 5.32 Å². The highest BCUT2D eigenvalue weighted by Crippen LogP contribution is 2.44. The number of halogens is 2. The molecule has 0 atom stereocenters. The average molecular weight is 284 g/mol. The van der Waals surface area contributed by atoms with Crippen LogP contribution in [0.2, 0.25) is 0 Å². The number of rotatable bonds is 4. The van der Waals surface area contributed by atoms with Crippen molar-refractivity contribution in [2.45, 2.75) is 12.8 Å². The van der Waals surface area contributed by atoms with E-state index < -0.39 is 29.1 Å². The van der Waals surface area contributed by atoms with Crippen molar-refractivity contribution >= 4 is 17.5 Å². The van der Waals surface area contributed by atoms with E-state index in [1.165, 1.54) is 6.07 Å². The summed E-state index contributed by atoms with van der Waals surface area (Å²) in [5, 5.41) is 13.4. The molecule has 1 fully saturated rings. The molecule has 0 spiro atoms. The normalized spacial score (nSPS) is 15.6. The van der Waals surface area contributed by atoms with Crippen LogP contribution in [0, 0.1) is 17.0 Å². The number of hydrogen-bond donors (Lipinski definition) is 3. The summed E-state index contributed by atoms with van der Waals surface area (Å²) in [6, 6.07) is 3.28. The van der Waals surface area contributed by atoms with Gasteiger partial charge in [0, 0.05) is 12.0 Å². The van der Waals surface area contributed by atoms with Crippen LogP contribution in [0.15, 0.2) is 18.2 Å². The number of carbonyl (C=O) groups is 2. The zero-order valence-corrected chi connectivity index (χ0v) is 10.6. The monoisotopic (exact) mass is 284 g/mol. The smallest absolute Gasteiger partial charge is 0.313 e. The highest BCUT2D eigenvalue weighted by atomic mass is 19.2. The molecule has 0 bridgehead atoms. The summed E-state index contributed by atoms with van der Waals surface area (Å²) >= 11 is 0. The standard InChI is InChI=1S/C13H14F2N2O3/c14-8-2-1-3-9(10(8)15)17-12(20)11(19)16-6-13(7-18)4-5-13/h1-3,18H,4-7H2,(H,16,19)(H,17,20). The summed E-state index contributed by atoms with van der Waals surface area (Å²) in [6.07, 6.45) is 1.56. The second-order valence-corrected chi connectivity index (χ2v) is 4.90. The quantitative estimate of drug-likeness (QED) is 0.715. The Morgan fingerprint density at radius 2 is 1.95 bits per heavy atom. The number of aliphatic hydroxyl groups is 1. The number of anilines is 1. The zero-order chi connectivity index (χ0) is 14.8. The van der Waals surface area contributed by atoms with E-state index in [1.807, 2.05) is 5.32 Å². The number of hydrogen-bond acceptors (Lipinski definition) is 3. The number of benzene rings is 1. The summed E-state index contributed by atoms with van der Waals surface area (Å²) in [5.74, 6) is -4.36. The van der Waals surface area contributed by atoms with Crippen molar-refractivity contribution in [2.24, 2.45) is 5.41 Å². The molecule has 2 rings (SSSR count). The minimum absolute atomic E-state index is 0.0621. The fourth-order valence-electron chi connectivity index (χ4n) is 1.70. The summed E-state index contributed by atoms with van der Waals surface area (Å²) in [5.41, 5.74) is -0.728. The second-order valence-electron chi connectivity index (χ2n) is 4.90. The lowest BCUT2D eigenvalue weighted by molar-refractivity contribution is -0.136. The van der Waals surface area contributed by atoms with Crippen molar-refractivity contribution in [1.29, 1.82) is 0 Å². The van der Waals surface area contributed by atoms with Gasteiger partial charge in [0.05, 0.1) is 12.3 Å². The predicted molar refractivity (Wildman–Crippen MR) is 66.8 cm³/mol. The molecule has 5 nitrogen and oxygen atoms in total. The van der Waals surface area contributed by atoms with E-state index in [0.29, 0.717) is 0 Å². The van der Waals surface area contributed by atoms with Crippen LogP contribution in [-0.2, 0) is 9.59 Å². The predicted octanol–water partition coefficient (Wildman–Crippen LogP) is 0.792. The van der Waals surface area contributed by atoms with Crippen molar-refractivity contribution in [3.63, 3.8) is 0 Å². The van der Waals surface area contributed by atoms with Crippen molar-refractivity contribution < 1.29 is 23.5 Å². The third-order valence-corrected chi connectivity index (χ3v) is 3.32. The summed E-state index contributed by atoms with van der Waals surface area (Å²) in [7, 11) is 0. The third kappa shape index (κ3) is 3.11. The Bertz CT molecular complexity index is 544. The molecule has 0 radical (unpaired) electrons. The maximum atomic E-state index is 13.3. The Balaban J connectivity index is 1.91. The lowest BCUT2D eigenvalue weighted by atomic mass is 10.1. The molecule has 1 aliphatic carbocycles. The van der Waals surface area contributed by atoms with Crippen LogP contribution in [0.25, 0.3) is 0 Å². The van der Waals surface area contributed by atoms with Crippen molar-refractivity contribution in [2.75, 3.05) is 18.5 Å². The topological polar surface area (TPSA) is 78.4 Å². The lowest BCUT2D eigenvalue weighted by Gasteiger charge is -2.12. The summed E-state index contributed by atoms with van der Waals surface area (Å²) < 4.78 is 26.2. The first-order chi connectivity index (χ1) is 9.47. The molecule has 1 aliphatic rings. The maximum Gasteiger partial charge on any atom is 0.313 e. The highest BCUT2D eigenvalue weighted by molar-refractivity contribution is 6.39. The molecule has 2 amide bonds. The molecule has 1 aromatic carbocycles. The van der Waals surface area contributed by atoms with Crippen LogP contribution in [0.3, 0.4) is 0 Å². The molecular formula is C13H14F2N2O3. The first-order valence-electron chi connectivity index (χ1n) is 6.11. The van der Waals surface area contributed by atoms with Crippen molar-refractivity contribution in [3.8, 4) is 0 Å². The first kappa shape index (κ1) is 14.4. The van der Waals surface area contributed by atoms with E-state index in [1.54, 1.807) is 0 Å². The third-order valence-electron chi connectivity index (χ3n) is 3.32. The van der Waals surface area contributed by atoms with Gasteiger partial charge in [-0.05, 0) is 25.0 Å². The first-order valence-corrected chi connectivity index (χ1v) is 6.11. The molecule has 7 heteroatoms. The minimum atomic E-state index is -1.22. The van der Waals surface area contributed by atoms with Crippen LogP contribution in [0.4, 0.5) is 14.5 Å². The van der Waals surface area contributed by atoms with Crippen LogP contribution in [-0.4, -0.2) is 30.1 Å². The fourth-order valence-corrected chi connectivity index (χ4v) is 1.70. The molecule has 1 saturated carbocycles. The molecule has 3 N–H and O–H groups in total. The van der Waals surface area contributed by atoms with Crippen LogP contribution >= 0.6 is 0 Å². The van der Waals surface area contributed by atoms with Crippen molar-refractivity contribution in [1.82, 2.24) is 5.32 Å². The largest absolute Gasteiger partial charge is 0.396 e. The van der Waals surface area contributed by atoms with Crippen LogP contribution < -0.4 is 10.6 Å². The van der Waals surface area contributed by atoms with Gasteiger partial charge in [0.25, 0.3) is 0 Å². The van der Waals surface area contributed by atoms with E-state index in [-0.39, 0.29) is 18.6 Å². The van der Waals surface area contributed by atoms with E-state index in [4.69, 9.17) is 5.11 Å². The molecule has 0 aliphatic heterocycles. The van der Waals surface area contributed by atoms with Gasteiger partial charge >= 0.3 is 11.8 Å². The SMILES string of the molecule is O=C(NCC1(CO)CC1)C(=O)Nc1cccc(F)c1F. The number of nitrogens with one attached hydrogen (secondary N) is 2. The average Bonchev–Trinajstić information content (AvgIpc) is 3.22. The van der Waals surface area contributed by atoms with Gasteiger partial charge in [0.2, 0.25) is 0 Å². The maximum absolute atomic E-state index is 13.3. The number of aliphatic hydroxyl groups excluding tert-OH is 1. The Morgan fingerprint density at radius 1 is 1.25 bits per heavy atom. The molecule has 20 heavy (non-hydrogen) atoms. The van der Waals surface area contributed by atoms with Gasteiger partial charge in [0.15, 0.2) is 11.6 Å². The molecule has 0 saturated heterocycles. The fraction of sp³-hybridized carbons (Fsp3) is 0.385. The Morgan fingerprint density at radius 3 is 2.55 bits per heavy atom. The van der Waals surface area contributed by atoms with E-state index in [0.717, 1.165) is 25.0 Å². The Labute approximate surface area is 114 Å². The van der Waals surface area contributed by atoms with E-state index in [9.17, 15) is 18.4 Å². The molecule has 0 aromatic heterocycles. The second kappa shape index (κ2) is 5.54. The van der Waals surface area contributed by atoms with Gasteiger partial charge < -0.3 is 15.7 Å². The van der Waals surface area contributed by atoms with Crippen LogP contribution in [0.1, 0.15) is 12.8 Å². The van der Waals surface area contributed by atoms with E-state index >= 15 is 0 Å². The molecule has 0 heterocycles. The van der Waals surface area contributed by atoms with Gasteiger partial charge in [-0.3, -0.25) is 9.59 Å². The van der Waals surface area contributed by atoms with Gasteiger partial charge in [-0.25, -0.2) is 8.78 Å². The molecule has 0 unspecified atom stereocenters. The Kier molecular flexibility index (Phi) is 3.99. The van der Waals surface area contributed by atoms with Crippen molar-refractivity contribution in [3.05, 3.63) is 29.8 Å².